The number of hydrogen-bond acceptors (Lipinski definition) is 5. The number of methoxy groups -OCH3 is 2. The third-order valence-electron chi connectivity index (χ3n) is 6.15. The van der Waals surface area contributed by atoms with Crippen molar-refractivity contribution in [2.45, 2.75) is 39.0 Å². The van der Waals surface area contributed by atoms with Gasteiger partial charge in [-0.1, -0.05) is 12.1 Å². The van der Waals surface area contributed by atoms with Crippen LogP contribution >= 0.6 is 0 Å². The zero-order valence-corrected chi connectivity index (χ0v) is 17.4. The van der Waals surface area contributed by atoms with Crippen LogP contribution in [0.3, 0.4) is 0 Å². The molecular weight excluding hydrogens is 368 g/mol. The van der Waals surface area contributed by atoms with Crippen molar-refractivity contribution in [2.75, 3.05) is 33.9 Å². The van der Waals surface area contributed by atoms with Gasteiger partial charge in [-0.25, -0.2) is 0 Å². The van der Waals surface area contributed by atoms with Gasteiger partial charge < -0.3 is 18.8 Å². The summed E-state index contributed by atoms with van der Waals surface area (Å²) in [5, 5.41) is 0. The SMILES string of the molecule is COCc1ccc(CN2CC[C@]3(CCCN(Cc4cccc(OC)c4)C3=O)C2)o1. The number of ether oxygens (including phenoxy) is 2. The quantitative estimate of drug-likeness (QED) is 0.715. The van der Waals surface area contributed by atoms with Crippen LogP contribution in [0.5, 0.6) is 5.75 Å². The van der Waals surface area contributed by atoms with E-state index in [4.69, 9.17) is 13.9 Å². The first-order chi connectivity index (χ1) is 14.1. The van der Waals surface area contributed by atoms with Gasteiger partial charge in [-0.05, 0) is 55.6 Å². The van der Waals surface area contributed by atoms with E-state index < -0.39 is 0 Å². The van der Waals surface area contributed by atoms with Gasteiger partial charge in [0.2, 0.25) is 5.91 Å². The van der Waals surface area contributed by atoms with Crippen molar-refractivity contribution in [3.63, 3.8) is 0 Å². The molecule has 1 aromatic heterocycles. The van der Waals surface area contributed by atoms with Gasteiger partial charge in [-0.2, -0.15) is 0 Å². The lowest BCUT2D eigenvalue weighted by molar-refractivity contribution is -0.146. The molecule has 0 aliphatic carbocycles. The number of benzene rings is 1. The van der Waals surface area contributed by atoms with Gasteiger partial charge in [0.25, 0.3) is 0 Å². The van der Waals surface area contributed by atoms with Crippen LogP contribution in [-0.2, 0) is 29.2 Å². The topological polar surface area (TPSA) is 55.2 Å². The van der Waals surface area contributed by atoms with Crippen LogP contribution in [0.4, 0.5) is 0 Å². The lowest BCUT2D eigenvalue weighted by Crippen LogP contribution is -2.49. The highest BCUT2D eigenvalue weighted by Crippen LogP contribution is 2.41. The van der Waals surface area contributed by atoms with E-state index >= 15 is 0 Å². The number of likely N-dealkylation sites (tertiary alicyclic amines) is 2. The van der Waals surface area contributed by atoms with Gasteiger partial charge >= 0.3 is 0 Å². The molecule has 0 radical (unpaired) electrons. The summed E-state index contributed by atoms with van der Waals surface area (Å²) in [6.07, 6.45) is 2.96. The molecule has 3 heterocycles. The minimum Gasteiger partial charge on any atom is -0.497 e. The molecule has 6 nitrogen and oxygen atoms in total. The molecular formula is C23H30N2O4. The van der Waals surface area contributed by atoms with Gasteiger partial charge in [-0.15, -0.1) is 0 Å². The van der Waals surface area contributed by atoms with Gasteiger partial charge in [0, 0.05) is 26.7 Å². The van der Waals surface area contributed by atoms with Crippen molar-refractivity contribution >= 4 is 5.91 Å². The number of nitrogens with zero attached hydrogens (tertiary/aromatic N) is 2. The fourth-order valence-electron chi connectivity index (χ4n) is 4.71. The smallest absolute Gasteiger partial charge is 0.230 e. The van der Waals surface area contributed by atoms with E-state index in [0.717, 1.165) is 68.3 Å². The monoisotopic (exact) mass is 398 g/mol. The molecule has 1 aromatic carbocycles. The summed E-state index contributed by atoms with van der Waals surface area (Å²) >= 11 is 0. The standard InChI is InChI=1S/C23H30N2O4/c1-27-16-21-8-7-20(29-21)15-24-12-10-23(17-24)9-4-11-25(22(23)26)14-18-5-3-6-19(13-18)28-2/h3,5-8,13H,4,9-12,14-17H2,1-2H3/t23-/m1/s1. The molecule has 2 saturated heterocycles. The molecule has 1 spiro atoms. The highest BCUT2D eigenvalue weighted by Gasteiger charge is 2.48. The first-order valence-electron chi connectivity index (χ1n) is 10.3. The van der Waals surface area contributed by atoms with Crippen LogP contribution in [0.25, 0.3) is 0 Å². The number of carbonyl (C=O) groups is 1. The average Bonchev–Trinajstić information content (AvgIpc) is 3.34. The molecule has 2 aliphatic rings. The van der Waals surface area contributed by atoms with Crippen molar-refractivity contribution in [3.8, 4) is 5.75 Å². The fourth-order valence-corrected chi connectivity index (χ4v) is 4.71. The highest BCUT2D eigenvalue weighted by molar-refractivity contribution is 5.84. The molecule has 0 unspecified atom stereocenters. The van der Waals surface area contributed by atoms with Gasteiger partial charge in [0.1, 0.15) is 23.9 Å². The Morgan fingerprint density at radius 2 is 1.93 bits per heavy atom. The van der Waals surface area contributed by atoms with Crippen LogP contribution in [0.1, 0.15) is 36.3 Å². The van der Waals surface area contributed by atoms with Crippen LogP contribution in [0.15, 0.2) is 40.8 Å². The van der Waals surface area contributed by atoms with E-state index in [1.165, 1.54) is 0 Å². The second-order valence-corrected chi connectivity index (χ2v) is 8.22. The number of carbonyl (C=O) groups excluding carboxylic acids is 1. The molecule has 2 aromatic rings. The third kappa shape index (κ3) is 4.33. The summed E-state index contributed by atoms with van der Waals surface area (Å²) in [5.74, 6) is 2.91. The predicted molar refractivity (Wildman–Crippen MR) is 109 cm³/mol. The first-order valence-corrected chi connectivity index (χ1v) is 10.3. The maximum Gasteiger partial charge on any atom is 0.230 e. The summed E-state index contributed by atoms with van der Waals surface area (Å²) in [4.78, 5) is 17.8. The maximum atomic E-state index is 13.4. The molecule has 4 rings (SSSR count). The van der Waals surface area contributed by atoms with Crippen molar-refractivity contribution in [2.24, 2.45) is 5.41 Å². The van der Waals surface area contributed by atoms with Crippen molar-refractivity contribution in [1.29, 1.82) is 0 Å². The lowest BCUT2D eigenvalue weighted by atomic mass is 9.78. The summed E-state index contributed by atoms with van der Waals surface area (Å²) in [7, 11) is 3.34. The molecule has 1 atom stereocenters. The Kier molecular flexibility index (Phi) is 5.92. The molecule has 6 heteroatoms. The molecule has 0 bridgehead atoms. The number of furan rings is 1. The molecule has 0 saturated carbocycles. The molecule has 2 aliphatic heterocycles. The number of rotatable bonds is 7. The summed E-state index contributed by atoms with van der Waals surface area (Å²) in [6, 6.07) is 12.0. The van der Waals surface area contributed by atoms with Crippen LogP contribution in [-0.4, -0.2) is 49.6 Å². The zero-order chi connectivity index (χ0) is 20.3. The third-order valence-corrected chi connectivity index (χ3v) is 6.15. The Labute approximate surface area is 172 Å². The maximum absolute atomic E-state index is 13.4. The number of hydrogen-bond donors (Lipinski definition) is 0. The first kappa shape index (κ1) is 20.0. The van der Waals surface area contributed by atoms with E-state index in [9.17, 15) is 4.79 Å². The second kappa shape index (κ2) is 8.59. The predicted octanol–water partition coefficient (Wildman–Crippen LogP) is 3.45. The normalized spacial score (nSPS) is 22.6. The Balaban J connectivity index is 1.40. The Morgan fingerprint density at radius 3 is 2.76 bits per heavy atom. The average molecular weight is 399 g/mol. The van der Waals surface area contributed by atoms with Gasteiger partial charge in [0.05, 0.1) is 19.1 Å². The minimum atomic E-state index is -0.251. The number of amides is 1. The second-order valence-electron chi connectivity index (χ2n) is 8.22. The molecule has 156 valence electrons. The van der Waals surface area contributed by atoms with E-state index in [0.29, 0.717) is 19.1 Å². The molecule has 2 fully saturated rings. The van der Waals surface area contributed by atoms with Crippen molar-refractivity contribution in [3.05, 3.63) is 53.5 Å². The van der Waals surface area contributed by atoms with Gasteiger partial charge in [-0.3, -0.25) is 9.69 Å². The van der Waals surface area contributed by atoms with Crippen LogP contribution < -0.4 is 4.74 Å². The van der Waals surface area contributed by atoms with E-state index in [2.05, 4.69) is 11.0 Å². The van der Waals surface area contributed by atoms with E-state index in [-0.39, 0.29) is 5.41 Å². The Hall–Kier alpha value is -2.31. The highest BCUT2D eigenvalue weighted by atomic mass is 16.5. The lowest BCUT2D eigenvalue weighted by Gasteiger charge is -2.39. The fraction of sp³-hybridized carbons (Fsp3) is 0.522. The summed E-state index contributed by atoms with van der Waals surface area (Å²) in [6.45, 7) is 4.45. The Morgan fingerprint density at radius 1 is 1.07 bits per heavy atom. The van der Waals surface area contributed by atoms with Crippen molar-refractivity contribution in [1.82, 2.24) is 9.80 Å². The molecule has 0 N–H and O–H groups in total. The zero-order valence-electron chi connectivity index (χ0n) is 17.4. The molecule has 1 amide bonds. The largest absolute Gasteiger partial charge is 0.497 e. The van der Waals surface area contributed by atoms with Crippen LogP contribution in [0, 0.1) is 5.41 Å². The Bertz CT molecular complexity index is 849. The van der Waals surface area contributed by atoms with Crippen LogP contribution in [0.2, 0.25) is 0 Å². The minimum absolute atomic E-state index is 0.251. The van der Waals surface area contributed by atoms with E-state index in [1.807, 2.05) is 35.2 Å². The van der Waals surface area contributed by atoms with Crippen molar-refractivity contribution < 1.29 is 18.7 Å². The summed E-state index contributed by atoms with van der Waals surface area (Å²) < 4.78 is 16.3. The molecule has 29 heavy (non-hydrogen) atoms. The summed E-state index contributed by atoms with van der Waals surface area (Å²) in [5.41, 5.74) is 0.866. The van der Waals surface area contributed by atoms with E-state index in [1.54, 1.807) is 14.2 Å². The van der Waals surface area contributed by atoms with Gasteiger partial charge in [0.15, 0.2) is 0 Å². The number of piperidine rings is 1.